The number of carbonyl (C=O) groups is 2. The second kappa shape index (κ2) is 7.34. The van der Waals surface area contributed by atoms with Crippen molar-refractivity contribution in [3.8, 4) is 5.75 Å². The number of aryl methyl sites for hydroxylation is 1. The number of rotatable bonds is 5. The van der Waals surface area contributed by atoms with Crippen LogP contribution in [0, 0.1) is 6.92 Å². The van der Waals surface area contributed by atoms with Gasteiger partial charge in [-0.1, -0.05) is 19.1 Å². The van der Waals surface area contributed by atoms with Gasteiger partial charge in [-0.3, -0.25) is 9.59 Å². The van der Waals surface area contributed by atoms with E-state index in [-0.39, 0.29) is 18.2 Å². The van der Waals surface area contributed by atoms with E-state index in [1.807, 2.05) is 44.2 Å². The quantitative estimate of drug-likeness (QED) is 0.909. The molecule has 0 bridgehead atoms. The number of para-hydroxylation sites is 2. The minimum Gasteiger partial charge on any atom is -0.478 e. The first-order valence-corrected chi connectivity index (χ1v) is 8.38. The molecule has 1 atom stereocenters. The number of ether oxygens (including phenoxy) is 1. The van der Waals surface area contributed by atoms with Crippen LogP contribution in [0.15, 0.2) is 42.6 Å². The molecule has 25 heavy (non-hydrogen) atoms. The third-order valence-corrected chi connectivity index (χ3v) is 4.08. The van der Waals surface area contributed by atoms with Crippen LogP contribution in [-0.4, -0.2) is 29.4 Å². The minimum absolute atomic E-state index is 0.109. The van der Waals surface area contributed by atoms with E-state index in [1.54, 1.807) is 17.2 Å². The molecule has 3 rings (SSSR count). The summed E-state index contributed by atoms with van der Waals surface area (Å²) in [6.07, 6.45) is 1.92. The maximum Gasteiger partial charge on any atom is 0.268 e. The highest BCUT2D eigenvalue weighted by atomic mass is 16.5. The zero-order chi connectivity index (χ0) is 17.8. The van der Waals surface area contributed by atoms with Gasteiger partial charge in [-0.15, -0.1) is 0 Å². The number of anilines is 2. The van der Waals surface area contributed by atoms with Crippen LogP contribution in [0.2, 0.25) is 0 Å². The van der Waals surface area contributed by atoms with Gasteiger partial charge in [-0.25, -0.2) is 4.98 Å². The van der Waals surface area contributed by atoms with Gasteiger partial charge in [-0.2, -0.15) is 0 Å². The van der Waals surface area contributed by atoms with E-state index in [4.69, 9.17) is 4.74 Å². The van der Waals surface area contributed by atoms with Crippen LogP contribution in [-0.2, 0) is 9.59 Å². The number of pyridine rings is 1. The summed E-state index contributed by atoms with van der Waals surface area (Å²) in [6, 6.07) is 11.1. The Morgan fingerprint density at radius 3 is 2.88 bits per heavy atom. The van der Waals surface area contributed by atoms with E-state index in [2.05, 4.69) is 10.3 Å². The number of amides is 2. The highest BCUT2D eigenvalue weighted by Gasteiger charge is 2.33. The number of fused-ring (bicyclic) bond motifs is 1. The van der Waals surface area contributed by atoms with E-state index in [0.29, 0.717) is 30.2 Å². The first-order valence-electron chi connectivity index (χ1n) is 8.38. The molecule has 6 nitrogen and oxygen atoms in total. The van der Waals surface area contributed by atoms with Crippen LogP contribution < -0.4 is 15.0 Å². The summed E-state index contributed by atoms with van der Waals surface area (Å²) in [7, 11) is 0. The van der Waals surface area contributed by atoms with E-state index < -0.39 is 6.10 Å². The topological polar surface area (TPSA) is 71.5 Å². The molecular weight excluding hydrogens is 318 g/mol. The van der Waals surface area contributed by atoms with Gasteiger partial charge in [0.25, 0.3) is 5.91 Å². The predicted octanol–water partition coefficient (Wildman–Crippen LogP) is 2.92. The van der Waals surface area contributed by atoms with Crippen molar-refractivity contribution in [1.29, 1.82) is 0 Å². The number of aromatic nitrogens is 1. The number of nitrogens with one attached hydrogen (secondary N) is 1. The second-order valence-electron chi connectivity index (χ2n) is 5.99. The van der Waals surface area contributed by atoms with Crippen molar-refractivity contribution < 1.29 is 14.3 Å². The number of carbonyl (C=O) groups excluding carboxylic acids is 2. The fourth-order valence-corrected chi connectivity index (χ4v) is 2.79. The van der Waals surface area contributed by atoms with Gasteiger partial charge in [0, 0.05) is 19.2 Å². The molecule has 2 aromatic rings. The second-order valence-corrected chi connectivity index (χ2v) is 5.99. The average Bonchev–Trinajstić information content (AvgIpc) is 2.60. The van der Waals surface area contributed by atoms with Crippen molar-refractivity contribution in [2.24, 2.45) is 0 Å². The smallest absolute Gasteiger partial charge is 0.268 e. The van der Waals surface area contributed by atoms with Crippen molar-refractivity contribution in [3.63, 3.8) is 0 Å². The standard InChI is InChI=1S/C19H21N3O3/c1-3-15-19(24)22(14-6-4-5-7-16(14)25-15)11-9-18(23)21-17-12-13(2)8-10-20-17/h4-8,10,12,15H,3,9,11H2,1-2H3,(H,20,21,23). The maximum absolute atomic E-state index is 12.6. The number of nitrogens with zero attached hydrogens (tertiary/aromatic N) is 2. The number of benzene rings is 1. The lowest BCUT2D eigenvalue weighted by Gasteiger charge is -2.33. The van der Waals surface area contributed by atoms with Crippen LogP contribution in [0.25, 0.3) is 0 Å². The highest BCUT2D eigenvalue weighted by Crippen LogP contribution is 2.34. The summed E-state index contributed by atoms with van der Waals surface area (Å²) in [4.78, 5) is 30.6. The van der Waals surface area contributed by atoms with Crippen LogP contribution in [0.5, 0.6) is 5.75 Å². The fraction of sp³-hybridized carbons (Fsp3) is 0.316. The Morgan fingerprint density at radius 1 is 1.32 bits per heavy atom. The van der Waals surface area contributed by atoms with Crippen molar-refractivity contribution in [2.75, 3.05) is 16.8 Å². The molecule has 0 aliphatic carbocycles. The molecule has 2 amide bonds. The third-order valence-electron chi connectivity index (χ3n) is 4.08. The summed E-state index contributed by atoms with van der Waals surface area (Å²) in [6.45, 7) is 4.14. The third kappa shape index (κ3) is 3.79. The maximum atomic E-state index is 12.6. The van der Waals surface area contributed by atoms with Crippen molar-refractivity contribution in [3.05, 3.63) is 48.2 Å². The minimum atomic E-state index is -0.503. The average molecular weight is 339 g/mol. The molecule has 2 heterocycles. The van der Waals surface area contributed by atoms with Gasteiger partial charge in [0.1, 0.15) is 11.6 Å². The Kier molecular flexibility index (Phi) is 4.97. The fourth-order valence-electron chi connectivity index (χ4n) is 2.79. The van der Waals surface area contributed by atoms with Gasteiger partial charge >= 0.3 is 0 Å². The molecule has 0 saturated heterocycles. The Hall–Kier alpha value is -2.89. The summed E-state index contributed by atoms with van der Waals surface area (Å²) < 4.78 is 5.74. The van der Waals surface area contributed by atoms with Crippen molar-refractivity contribution >= 4 is 23.3 Å². The Balaban J connectivity index is 1.69. The molecule has 1 unspecified atom stereocenters. The largest absolute Gasteiger partial charge is 0.478 e. The van der Waals surface area contributed by atoms with Crippen LogP contribution >= 0.6 is 0 Å². The SMILES string of the molecule is CCC1Oc2ccccc2N(CCC(=O)Nc2cc(C)ccn2)C1=O. The number of hydrogen-bond acceptors (Lipinski definition) is 4. The molecule has 0 saturated carbocycles. The van der Waals surface area contributed by atoms with E-state index in [1.165, 1.54) is 0 Å². The highest BCUT2D eigenvalue weighted by molar-refractivity contribution is 6.01. The van der Waals surface area contributed by atoms with E-state index >= 15 is 0 Å². The lowest BCUT2D eigenvalue weighted by molar-refractivity contribution is -0.126. The van der Waals surface area contributed by atoms with Crippen LogP contribution in [0.3, 0.4) is 0 Å². The summed E-state index contributed by atoms with van der Waals surface area (Å²) in [5.74, 6) is 0.908. The Bertz CT molecular complexity index is 791. The molecule has 1 N–H and O–H groups in total. The Morgan fingerprint density at radius 2 is 2.12 bits per heavy atom. The van der Waals surface area contributed by atoms with Gasteiger partial charge in [-0.05, 0) is 43.2 Å². The first-order chi connectivity index (χ1) is 12.1. The molecule has 1 aliphatic rings. The Labute approximate surface area is 146 Å². The molecule has 1 aliphatic heterocycles. The summed E-state index contributed by atoms with van der Waals surface area (Å²) in [5, 5.41) is 2.77. The van der Waals surface area contributed by atoms with Gasteiger partial charge < -0.3 is 15.0 Å². The lowest BCUT2D eigenvalue weighted by Crippen LogP contribution is -2.46. The molecule has 130 valence electrons. The molecule has 1 aromatic heterocycles. The van der Waals surface area contributed by atoms with E-state index in [0.717, 1.165) is 5.56 Å². The predicted molar refractivity (Wildman–Crippen MR) is 95.7 cm³/mol. The van der Waals surface area contributed by atoms with Crippen LogP contribution in [0.1, 0.15) is 25.3 Å². The first kappa shape index (κ1) is 17.0. The molecule has 0 fully saturated rings. The molecule has 0 spiro atoms. The van der Waals surface area contributed by atoms with Crippen LogP contribution in [0.4, 0.5) is 11.5 Å². The zero-order valence-electron chi connectivity index (χ0n) is 14.4. The van der Waals surface area contributed by atoms with E-state index in [9.17, 15) is 9.59 Å². The molecule has 1 aromatic carbocycles. The van der Waals surface area contributed by atoms with Gasteiger partial charge in [0.2, 0.25) is 5.91 Å². The molecule has 6 heteroatoms. The molecule has 0 radical (unpaired) electrons. The van der Waals surface area contributed by atoms with Gasteiger partial charge in [0.15, 0.2) is 6.10 Å². The zero-order valence-corrected chi connectivity index (χ0v) is 14.4. The number of hydrogen-bond donors (Lipinski definition) is 1. The van der Waals surface area contributed by atoms with Gasteiger partial charge in [0.05, 0.1) is 5.69 Å². The summed E-state index contributed by atoms with van der Waals surface area (Å²) >= 11 is 0. The molecular formula is C19H21N3O3. The van der Waals surface area contributed by atoms with Crippen molar-refractivity contribution in [1.82, 2.24) is 4.98 Å². The lowest BCUT2D eigenvalue weighted by atomic mass is 10.1. The summed E-state index contributed by atoms with van der Waals surface area (Å²) in [5.41, 5.74) is 1.73. The monoisotopic (exact) mass is 339 g/mol. The normalized spacial score (nSPS) is 16.2. The van der Waals surface area contributed by atoms with Crippen molar-refractivity contribution in [2.45, 2.75) is 32.8 Å².